The van der Waals surface area contributed by atoms with Crippen LogP contribution in [0.3, 0.4) is 0 Å². The summed E-state index contributed by atoms with van der Waals surface area (Å²) in [5.41, 5.74) is 9.59. The number of anilines is 2. The molecule has 1 aliphatic rings. The van der Waals surface area contributed by atoms with E-state index >= 15 is 0 Å². The van der Waals surface area contributed by atoms with Crippen molar-refractivity contribution < 1.29 is 4.74 Å². The second kappa shape index (κ2) is 14.1. The molecule has 0 aliphatic carbocycles. The number of unbranched alkanes of at least 4 members (excludes halogenated alkanes) is 1. The predicted molar refractivity (Wildman–Crippen MR) is 142 cm³/mol. The number of hydrogen-bond acceptors (Lipinski definition) is 5. The van der Waals surface area contributed by atoms with Gasteiger partial charge in [0, 0.05) is 23.2 Å². The number of allylic oxidation sites excluding steroid dienone is 4. The van der Waals surface area contributed by atoms with Crippen LogP contribution in [0.15, 0.2) is 71.1 Å². The lowest BCUT2D eigenvalue weighted by molar-refractivity contribution is 0.147. The highest BCUT2D eigenvalue weighted by atomic mass is 16.5. The summed E-state index contributed by atoms with van der Waals surface area (Å²) in [6, 6.07) is 5.50. The van der Waals surface area contributed by atoms with E-state index in [-0.39, 0.29) is 0 Å². The molecule has 0 unspecified atom stereocenters. The van der Waals surface area contributed by atoms with E-state index in [9.17, 15) is 0 Å². The Balaban J connectivity index is 2.18. The summed E-state index contributed by atoms with van der Waals surface area (Å²) in [4.78, 5) is 4.86. The van der Waals surface area contributed by atoms with Gasteiger partial charge in [0.1, 0.15) is 5.84 Å². The zero-order valence-corrected chi connectivity index (χ0v) is 20.3. The van der Waals surface area contributed by atoms with Crippen LogP contribution in [-0.4, -0.2) is 31.7 Å². The summed E-state index contributed by atoms with van der Waals surface area (Å²) in [7, 11) is 0. The third-order valence-electron chi connectivity index (χ3n) is 5.42. The average Bonchev–Trinajstić information content (AvgIpc) is 2.82. The first kappa shape index (κ1) is 26.1. The number of nitrogens with one attached hydrogen (secondary N) is 3. The first-order chi connectivity index (χ1) is 16.0. The maximum atomic E-state index is 7.54. The number of nitrogens with two attached hydrogens (primary N) is 1. The molecule has 1 fully saturated rings. The fraction of sp³-hybridized carbons (Fsp3) is 0.407. The van der Waals surface area contributed by atoms with Gasteiger partial charge in [-0.25, -0.2) is 4.99 Å². The molecule has 0 radical (unpaired) electrons. The summed E-state index contributed by atoms with van der Waals surface area (Å²) < 4.78 is 6.03. The van der Waals surface area contributed by atoms with Gasteiger partial charge in [0.25, 0.3) is 0 Å². The minimum atomic E-state index is 0.571. The van der Waals surface area contributed by atoms with E-state index in [0.717, 1.165) is 68.1 Å². The summed E-state index contributed by atoms with van der Waals surface area (Å²) >= 11 is 0. The Hall–Kier alpha value is -3.12. The second-order valence-electron chi connectivity index (χ2n) is 8.27. The lowest BCUT2D eigenvalue weighted by atomic mass is 9.99. The number of aliphatic imine (C=N–C) groups is 1. The molecule has 0 aromatic heterocycles. The number of nitrogen functional groups attached to an aromatic ring is 1. The van der Waals surface area contributed by atoms with Crippen LogP contribution < -0.4 is 16.4 Å². The monoisotopic (exact) mass is 449 g/mol. The summed E-state index contributed by atoms with van der Waals surface area (Å²) in [5.74, 6) is 2.14. The van der Waals surface area contributed by atoms with E-state index in [1.165, 1.54) is 6.21 Å². The molecule has 0 atom stereocenters. The highest BCUT2D eigenvalue weighted by Crippen LogP contribution is 2.20. The number of benzene rings is 1. The minimum absolute atomic E-state index is 0.571. The molecule has 1 heterocycles. The number of hydrogen-bond donors (Lipinski definition) is 4. The lowest BCUT2D eigenvalue weighted by Gasteiger charge is -2.22. The maximum Gasteiger partial charge on any atom is 0.130 e. The van der Waals surface area contributed by atoms with Gasteiger partial charge >= 0.3 is 0 Å². The molecular formula is C27H39N5O. The Kier molecular flexibility index (Phi) is 11.2. The van der Waals surface area contributed by atoms with Gasteiger partial charge in [-0.3, -0.25) is 0 Å². The van der Waals surface area contributed by atoms with Crippen molar-refractivity contribution in [2.24, 2.45) is 10.9 Å². The fourth-order valence-electron chi connectivity index (χ4n) is 3.51. The highest BCUT2D eigenvalue weighted by molar-refractivity contribution is 6.05. The highest BCUT2D eigenvalue weighted by Gasteiger charge is 2.13. The van der Waals surface area contributed by atoms with Gasteiger partial charge in [0.2, 0.25) is 0 Å². The summed E-state index contributed by atoms with van der Waals surface area (Å²) in [6.45, 7) is 13.2. The lowest BCUT2D eigenvalue weighted by Crippen LogP contribution is -2.29. The molecule has 0 bridgehead atoms. The van der Waals surface area contributed by atoms with Crippen molar-refractivity contribution in [1.82, 2.24) is 5.32 Å². The van der Waals surface area contributed by atoms with Crippen LogP contribution >= 0.6 is 0 Å². The van der Waals surface area contributed by atoms with Gasteiger partial charge in [0.05, 0.1) is 18.1 Å². The van der Waals surface area contributed by atoms with Crippen molar-refractivity contribution in [1.29, 1.82) is 5.41 Å². The molecule has 6 heteroatoms. The van der Waals surface area contributed by atoms with Crippen molar-refractivity contribution in [3.8, 4) is 0 Å². The van der Waals surface area contributed by atoms with Crippen molar-refractivity contribution in [3.05, 3.63) is 71.7 Å². The topological polar surface area (TPSA) is 95.5 Å². The predicted octanol–water partition coefficient (Wildman–Crippen LogP) is 5.81. The Bertz CT molecular complexity index is 920. The average molecular weight is 450 g/mol. The van der Waals surface area contributed by atoms with Gasteiger partial charge in [0.15, 0.2) is 0 Å². The van der Waals surface area contributed by atoms with E-state index in [0.29, 0.717) is 23.0 Å². The van der Waals surface area contributed by atoms with Gasteiger partial charge in [-0.15, -0.1) is 0 Å². The quantitative estimate of drug-likeness (QED) is 0.113. The fourth-order valence-corrected chi connectivity index (χ4v) is 3.51. The summed E-state index contributed by atoms with van der Waals surface area (Å²) in [6.07, 6.45) is 13.4. The van der Waals surface area contributed by atoms with E-state index in [1.54, 1.807) is 6.07 Å². The number of piperidine rings is 1. The van der Waals surface area contributed by atoms with Crippen LogP contribution in [0.25, 0.3) is 0 Å². The van der Waals surface area contributed by atoms with Crippen LogP contribution in [-0.2, 0) is 4.74 Å². The summed E-state index contributed by atoms with van der Waals surface area (Å²) in [5, 5.41) is 14.3. The molecule has 33 heavy (non-hydrogen) atoms. The Morgan fingerprint density at radius 2 is 2.12 bits per heavy atom. The standard InChI is InChI=1S/C27H39N5O/c1-5-7-9-26(20(3)16-21(4)33-19-22-12-14-30-15-13-22)32-27(8-6-2)31-24-10-11-25(29)23(17-24)18-28/h6,8-11,16-18,22,28,30H,3,5,7,12-15,19,29H2,1-2,4H3,(H,31,32)/b8-6-,21-16+,26-9+,28-18?. The van der Waals surface area contributed by atoms with E-state index in [2.05, 4.69) is 30.2 Å². The maximum absolute atomic E-state index is 7.54. The minimum Gasteiger partial charge on any atom is -0.498 e. The Labute approximate surface area is 198 Å². The third-order valence-corrected chi connectivity index (χ3v) is 5.42. The normalized spacial score (nSPS) is 16.2. The molecule has 1 aliphatic heterocycles. The third kappa shape index (κ3) is 9.10. The molecular weight excluding hydrogens is 410 g/mol. The largest absolute Gasteiger partial charge is 0.498 e. The SMILES string of the molecule is C=C(/C=C(\C)OCC1CCNCC1)C(=C\CCC)/N=C(/C=C\C)Nc1ccc(N)c(C=N)c1. The molecule has 0 amide bonds. The van der Waals surface area contributed by atoms with Crippen LogP contribution in [0.4, 0.5) is 11.4 Å². The molecule has 0 spiro atoms. The van der Waals surface area contributed by atoms with Crippen LogP contribution in [0.2, 0.25) is 0 Å². The smallest absolute Gasteiger partial charge is 0.130 e. The molecule has 1 aromatic rings. The van der Waals surface area contributed by atoms with Gasteiger partial charge < -0.3 is 26.5 Å². The van der Waals surface area contributed by atoms with Gasteiger partial charge in [-0.2, -0.15) is 0 Å². The van der Waals surface area contributed by atoms with Crippen LogP contribution in [0.1, 0.15) is 52.0 Å². The Morgan fingerprint density at radius 3 is 2.79 bits per heavy atom. The van der Waals surface area contributed by atoms with Crippen molar-refractivity contribution in [2.75, 3.05) is 30.7 Å². The van der Waals surface area contributed by atoms with Crippen molar-refractivity contribution in [2.45, 2.75) is 46.5 Å². The van der Waals surface area contributed by atoms with Crippen LogP contribution in [0.5, 0.6) is 0 Å². The molecule has 5 N–H and O–H groups in total. The molecule has 2 rings (SSSR count). The number of nitrogens with zero attached hydrogens (tertiary/aromatic N) is 1. The van der Waals surface area contributed by atoms with Crippen molar-refractivity contribution in [3.63, 3.8) is 0 Å². The molecule has 0 saturated carbocycles. The number of ether oxygens (including phenoxy) is 1. The molecule has 1 saturated heterocycles. The Morgan fingerprint density at radius 1 is 1.36 bits per heavy atom. The van der Waals surface area contributed by atoms with Gasteiger partial charge in [-0.1, -0.05) is 32.1 Å². The molecule has 178 valence electrons. The van der Waals surface area contributed by atoms with Gasteiger partial charge in [-0.05, 0) is 88.0 Å². The zero-order chi connectivity index (χ0) is 24.1. The van der Waals surface area contributed by atoms with E-state index in [1.807, 2.05) is 44.2 Å². The number of amidine groups is 1. The van der Waals surface area contributed by atoms with Crippen molar-refractivity contribution >= 4 is 23.4 Å². The second-order valence-corrected chi connectivity index (χ2v) is 8.27. The molecule has 6 nitrogen and oxygen atoms in total. The molecule has 1 aromatic carbocycles. The van der Waals surface area contributed by atoms with E-state index < -0.39 is 0 Å². The first-order valence-corrected chi connectivity index (χ1v) is 11.8. The number of rotatable bonds is 11. The zero-order valence-electron chi connectivity index (χ0n) is 20.3. The van der Waals surface area contributed by atoms with Crippen LogP contribution in [0, 0.1) is 11.3 Å². The first-order valence-electron chi connectivity index (χ1n) is 11.8. The van der Waals surface area contributed by atoms with E-state index in [4.69, 9.17) is 20.9 Å².